The molecule has 1 atom stereocenters. The molecule has 0 saturated carbocycles. The summed E-state index contributed by atoms with van der Waals surface area (Å²) in [7, 11) is 0. The molecule has 0 radical (unpaired) electrons. The third kappa shape index (κ3) is 1.82. The molecule has 0 unspecified atom stereocenters. The fraction of sp³-hybridized carbons (Fsp3) is 0.400. The normalized spacial score (nSPS) is 25.4. The zero-order chi connectivity index (χ0) is 11.6. The maximum absolute atomic E-state index is 11.6. The van der Waals surface area contributed by atoms with Crippen molar-refractivity contribution in [3.63, 3.8) is 0 Å². The molecule has 1 nitrogen and oxygen atoms in total. The maximum atomic E-state index is 11.6. The lowest BCUT2D eigenvalue weighted by Gasteiger charge is -2.34. The number of allylic oxidation sites excluding steroid dienone is 2. The van der Waals surface area contributed by atoms with E-state index in [-0.39, 0.29) is 5.41 Å². The number of hydrogen-bond acceptors (Lipinski definition) is 1. The van der Waals surface area contributed by atoms with E-state index >= 15 is 0 Å². The van der Waals surface area contributed by atoms with Gasteiger partial charge in [0.2, 0.25) is 0 Å². The van der Waals surface area contributed by atoms with Crippen molar-refractivity contribution in [3.05, 3.63) is 47.5 Å². The van der Waals surface area contributed by atoms with Crippen LogP contribution in [-0.2, 0) is 10.2 Å². The summed E-state index contributed by atoms with van der Waals surface area (Å²) in [4.78, 5) is 11.6. The molecule has 0 fully saturated rings. The first-order valence-electron chi connectivity index (χ1n) is 5.96. The van der Waals surface area contributed by atoms with E-state index in [4.69, 9.17) is 0 Å². The highest BCUT2D eigenvalue weighted by Gasteiger charge is 2.32. The van der Waals surface area contributed by atoms with E-state index in [9.17, 15) is 4.79 Å². The maximum Gasteiger partial charge on any atom is 0.158 e. The van der Waals surface area contributed by atoms with Gasteiger partial charge in [0.25, 0.3) is 0 Å². The highest BCUT2D eigenvalue weighted by Crippen LogP contribution is 2.38. The molecule has 1 aliphatic carbocycles. The van der Waals surface area contributed by atoms with Crippen molar-refractivity contribution < 1.29 is 4.79 Å². The van der Waals surface area contributed by atoms with Gasteiger partial charge in [-0.25, -0.2) is 0 Å². The molecular formula is C15H18O. The molecule has 1 aromatic rings. The minimum Gasteiger partial charge on any atom is -0.295 e. The number of rotatable bonds is 2. The molecule has 16 heavy (non-hydrogen) atoms. The monoisotopic (exact) mass is 214 g/mol. The molecule has 0 aromatic heterocycles. The van der Waals surface area contributed by atoms with Crippen LogP contribution in [0.2, 0.25) is 0 Å². The second-order valence-corrected chi connectivity index (χ2v) is 4.63. The van der Waals surface area contributed by atoms with Crippen LogP contribution in [0, 0.1) is 0 Å². The highest BCUT2D eigenvalue weighted by molar-refractivity contribution is 5.96. The van der Waals surface area contributed by atoms with Crippen molar-refractivity contribution in [3.8, 4) is 0 Å². The summed E-state index contributed by atoms with van der Waals surface area (Å²) >= 11 is 0. The smallest absolute Gasteiger partial charge is 0.158 e. The Morgan fingerprint density at radius 3 is 2.50 bits per heavy atom. The van der Waals surface area contributed by atoms with Crippen LogP contribution in [0.4, 0.5) is 0 Å². The molecule has 0 aliphatic heterocycles. The Balaban J connectivity index is 2.46. The summed E-state index contributed by atoms with van der Waals surface area (Å²) in [6.07, 6.45) is 4.87. The molecule has 0 amide bonds. The first-order chi connectivity index (χ1) is 7.68. The van der Waals surface area contributed by atoms with Gasteiger partial charge in [0.05, 0.1) is 0 Å². The number of hydrogen-bond donors (Lipinski definition) is 0. The topological polar surface area (TPSA) is 17.1 Å². The predicted molar refractivity (Wildman–Crippen MR) is 66.4 cm³/mol. The van der Waals surface area contributed by atoms with Gasteiger partial charge in [-0.3, -0.25) is 4.79 Å². The second kappa shape index (κ2) is 4.25. The average Bonchev–Trinajstić information content (AvgIpc) is 2.34. The van der Waals surface area contributed by atoms with Crippen LogP contribution in [0.1, 0.15) is 38.7 Å². The Kier molecular flexibility index (Phi) is 2.95. The molecule has 1 heteroatoms. The van der Waals surface area contributed by atoms with E-state index in [2.05, 4.69) is 37.3 Å². The van der Waals surface area contributed by atoms with Gasteiger partial charge < -0.3 is 0 Å². The van der Waals surface area contributed by atoms with Crippen LogP contribution < -0.4 is 0 Å². The van der Waals surface area contributed by atoms with E-state index in [0.29, 0.717) is 12.2 Å². The minimum absolute atomic E-state index is 0.0826. The van der Waals surface area contributed by atoms with Crippen molar-refractivity contribution in [2.24, 2.45) is 0 Å². The van der Waals surface area contributed by atoms with Crippen molar-refractivity contribution in [1.29, 1.82) is 0 Å². The lowest BCUT2D eigenvalue weighted by atomic mass is 9.70. The van der Waals surface area contributed by atoms with Crippen LogP contribution in [0.25, 0.3) is 0 Å². The lowest BCUT2D eigenvalue weighted by molar-refractivity contribution is -0.116. The molecule has 0 bridgehead atoms. The van der Waals surface area contributed by atoms with Gasteiger partial charge in [0, 0.05) is 11.8 Å². The van der Waals surface area contributed by atoms with Crippen molar-refractivity contribution in [1.82, 2.24) is 0 Å². The standard InChI is InChI=1S/C15H18O/c1-3-15(13-7-5-4-6-8-13)10-9-14(16)12(2)11-15/h4-8,11H,3,9-10H2,1-2H3/t15-/m1/s1. The average molecular weight is 214 g/mol. The summed E-state index contributed by atoms with van der Waals surface area (Å²) in [6, 6.07) is 10.5. The van der Waals surface area contributed by atoms with Crippen LogP contribution >= 0.6 is 0 Å². The summed E-state index contributed by atoms with van der Waals surface area (Å²) < 4.78 is 0. The number of Topliss-reactive ketones (excluding diaryl/α,β-unsaturated/α-hetero) is 1. The zero-order valence-corrected chi connectivity index (χ0v) is 9.99. The van der Waals surface area contributed by atoms with E-state index in [1.807, 2.05) is 13.0 Å². The van der Waals surface area contributed by atoms with Crippen molar-refractivity contribution in [2.45, 2.75) is 38.5 Å². The third-order valence-corrected chi connectivity index (χ3v) is 3.71. The van der Waals surface area contributed by atoms with Crippen LogP contribution in [0.3, 0.4) is 0 Å². The second-order valence-electron chi connectivity index (χ2n) is 4.63. The molecule has 0 spiro atoms. The Hall–Kier alpha value is -1.37. The SMILES string of the molecule is CC[C@]1(c2ccccc2)C=C(C)C(=O)CC1. The minimum atomic E-state index is 0.0826. The lowest BCUT2D eigenvalue weighted by Crippen LogP contribution is -2.28. The molecule has 84 valence electrons. The van der Waals surface area contributed by atoms with Gasteiger partial charge in [-0.2, -0.15) is 0 Å². The molecule has 2 rings (SSSR count). The van der Waals surface area contributed by atoms with E-state index in [1.54, 1.807) is 0 Å². The molecule has 0 saturated heterocycles. The van der Waals surface area contributed by atoms with Crippen molar-refractivity contribution in [2.75, 3.05) is 0 Å². The van der Waals surface area contributed by atoms with Gasteiger partial charge in [-0.15, -0.1) is 0 Å². The Bertz CT molecular complexity index is 416. The van der Waals surface area contributed by atoms with Crippen molar-refractivity contribution >= 4 is 5.78 Å². The first kappa shape index (κ1) is 11.1. The molecule has 0 N–H and O–H groups in total. The fourth-order valence-corrected chi connectivity index (χ4v) is 2.58. The number of carbonyl (C=O) groups is 1. The van der Waals surface area contributed by atoms with Gasteiger partial charge in [-0.05, 0) is 30.9 Å². The van der Waals surface area contributed by atoms with Crippen LogP contribution in [-0.4, -0.2) is 5.78 Å². The van der Waals surface area contributed by atoms with E-state index in [1.165, 1.54) is 5.56 Å². The largest absolute Gasteiger partial charge is 0.295 e. The van der Waals surface area contributed by atoms with Crippen LogP contribution in [0.5, 0.6) is 0 Å². The quantitative estimate of drug-likeness (QED) is 0.734. The summed E-state index contributed by atoms with van der Waals surface area (Å²) in [5.41, 5.74) is 2.35. The Labute approximate surface area is 97.2 Å². The van der Waals surface area contributed by atoms with E-state index in [0.717, 1.165) is 18.4 Å². The summed E-state index contributed by atoms with van der Waals surface area (Å²) in [6.45, 7) is 4.14. The first-order valence-corrected chi connectivity index (χ1v) is 5.96. The van der Waals surface area contributed by atoms with Gasteiger partial charge >= 0.3 is 0 Å². The van der Waals surface area contributed by atoms with Gasteiger partial charge in [-0.1, -0.05) is 43.3 Å². The number of ketones is 1. The highest BCUT2D eigenvalue weighted by atomic mass is 16.1. The van der Waals surface area contributed by atoms with Gasteiger partial charge in [0.1, 0.15) is 0 Å². The molecule has 1 aliphatic rings. The Morgan fingerprint density at radius 1 is 1.25 bits per heavy atom. The Morgan fingerprint density at radius 2 is 1.94 bits per heavy atom. The molecular weight excluding hydrogens is 196 g/mol. The number of benzene rings is 1. The fourth-order valence-electron chi connectivity index (χ4n) is 2.58. The number of carbonyl (C=O) groups excluding carboxylic acids is 1. The third-order valence-electron chi connectivity index (χ3n) is 3.71. The van der Waals surface area contributed by atoms with Crippen LogP contribution in [0.15, 0.2) is 42.0 Å². The zero-order valence-electron chi connectivity index (χ0n) is 9.99. The summed E-state index contributed by atoms with van der Waals surface area (Å²) in [5.74, 6) is 0.306. The molecule has 1 aromatic carbocycles. The predicted octanol–water partition coefficient (Wildman–Crippen LogP) is 3.64. The molecule has 0 heterocycles. The van der Waals surface area contributed by atoms with E-state index < -0.39 is 0 Å². The summed E-state index contributed by atoms with van der Waals surface area (Å²) in [5, 5.41) is 0. The van der Waals surface area contributed by atoms with Gasteiger partial charge in [0.15, 0.2) is 5.78 Å².